The smallest absolute Gasteiger partial charge is 0.315 e. The van der Waals surface area contributed by atoms with Crippen LogP contribution in [-0.4, -0.2) is 24.7 Å². The number of hydrogen-bond acceptors (Lipinski definition) is 3. The molecule has 3 rings (SSSR count). The van der Waals surface area contributed by atoms with Gasteiger partial charge in [-0.3, -0.25) is 4.79 Å². The van der Waals surface area contributed by atoms with Crippen LogP contribution in [0.2, 0.25) is 0 Å². The highest BCUT2D eigenvalue weighted by atomic mass is 19.4. The molecule has 1 unspecified atom stereocenters. The Morgan fingerprint density at radius 1 is 1.33 bits per heavy atom. The molecule has 2 aliphatic heterocycles. The number of halogens is 4. The number of piperidine rings is 1. The second-order valence-corrected chi connectivity index (χ2v) is 4.91. The topological polar surface area (TPSA) is 44.7 Å². The first-order chi connectivity index (χ1) is 9.88. The molecule has 1 amide bonds. The average molecular weight is 301 g/mol. The van der Waals surface area contributed by atoms with Gasteiger partial charge in [0.05, 0.1) is 22.9 Å². The van der Waals surface area contributed by atoms with Gasteiger partial charge >= 0.3 is 6.18 Å². The number of alkyl halides is 3. The van der Waals surface area contributed by atoms with E-state index in [-0.39, 0.29) is 5.69 Å². The zero-order valence-electron chi connectivity index (χ0n) is 10.7. The lowest BCUT2D eigenvalue weighted by molar-refractivity contribution is -0.140. The first-order valence-electron chi connectivity index (χ1n) is 6.37. The van der Waals surface area contributed by atoms with Crippen molar-refractivity contribution in [3.8, 4) is 0 Å². The van der Waals surface area contributed by atoms with E-state index in [2.05, 4.69) is 10.4 Å². The summed E-state index contributed by atoms with van der Waals surface area (Å²) in [4.78, 5) is 12.2. The maximum atomic E-state index is 13.3. The molecule has 1 aromatic carbocycles. The number of rotatable bonds is 1. The molecule has 1 fully saturated rings. The Kier molecular flexibility index (Phi) is 3.20. The number of anilines is 1. The molecule has 0 saturated carbocycles. The maximum absolute atomic E-state index is 13.3. The van der Waals surface area contributed by atoms with Crippen molar-refractivity contribution in [1.82, 2.24) is 5.32 Å². The van der Waals surface area contributed by atoms with E-state index in [1.165, 1.54) is 0 Å². The molecule has 2 aliphatic rings. The molecule has 1 atom stereocenters. The van der Waals surface area contributed by atoms with Crippen molar-refractivity contribution < 1.29 is 22.4 Å². The Morgan fingerprint density at radius 2 is 2.10 bits per heavy atom. The zero-order chi connectivity index (χ0) is 15.2. The molecule has 0 aromatic heterocycles. The van der Waals surface area contributed by atoms with E-state index in [1.54, 1.807) is 0 Å². The van der Waals surface area contributed by atoms with Gasteiger partial charge in [0.25, 0.3) is 5.91 Å². The molecular formula is C13H11F4N3O. The van der Waals surface area contributed by atoms with Crippen LogP contribution >= 0.6 is 0 Å². The summed E-state index contributed by atoms with van der Waals surface area (Å²) in [6.45, 7) is 1.09. The van der Waals surface area contributed by atoms with E-state index in [4.69, 9.17) is 0 Å². The zero-order valence-corrected chi connectivity index (χ0v) is 10.7. The minimum atomic E-state index is -4.82. The fourth-order valence-corrected chi connectivity index (χ4v) is 2.48. The third-order valence-electron chi connectivity index (χ3n) is 3.54. The minimum absolute atomic E-state index is 0.0735. The van der Waals surface area contributed by atoms with Crippen LogP contribution < -0.4 is 10.3 Å². The molecule has 0 bridgehead atoms. The summed E-state index contributed by atoms with van der Waals surface area (Å²) in [5, 5.41) is 8.05. The summed E-state index contributed by atoms with van der Waals surface area (Å²) in [6.07, 6.45) is -4.25. The largest absolute Gasteiger partial charge is 0.419 e. The lowest BCUT2D eigenvalue weighted by atomic mass is 9.97. The fourth-order valence-electron chi connectivity index (χ4n) is 2.48. The highest BCUT2D eigenvalue weighted by molar-refractivity contribution is 6.16. The first-order valence-corrected chi connectivity index (χ1v) is 6.37. The lowest BCUT2D eigenvalue weighted by Gasteiger charge is -2.18. The Balaban J connectivity index is 1.98. The number of carbonyl (C=O) groups is 1. The minimum Gasteiger partial charge on any atom is -0.315 e. The number of fused-ring (bicyclic) bond motifs is 1. The monoisotopic (exact) mass is 301 g/mol. The van der Waals surface area contributed by atoms with E-state index in [1.807, 2.05) is 0 Å². The van der Waals surface area contributed by atoms with Crippen LogP contribution in [0.15, 0.2) is 23.3 Å². The molecule has 1 saturated heterocycles. The van der Waals surface area contributed by atoms with Gasteiger partial charge in [0, 0.05) is 19.5 Å². The summed E-state index contributed by atoms with van der Waals surface area (Å²) in [5.74, 6) is -2.21. The van der Waals surface area contributed by atoms with E-state index in [0.717, 1.165) is 11.1 Å². The second-order valence-electron chi connectivity index (χ2n) is 4.91. The van der Waals surface area contributed by atoms with Crippen LogP contribution in [0.25, 0.3) is 0 Å². The number of hydrogen-bond donors (Lipinski definition) is 1. The number of nitrogens with one attached hydrogen (secondary N) is 1. The van der Waals surface area contributed by atoms with Crippen molar-refractivity contribution in [1.29, 1.82) is 0 Å². The standard InChI is InChI=1S/C13H11F4N3O/c14-10-2-1-7(5-9(10)13(15,16)17)20-12(21)8-6-18-4-3-11(8)19-20/h1-2,5,8,18H,3-4,6H2. The summed E-state index contributed by atoms with van der Waals surface area (Å²) in [5.41, 5.74) is -0.826. The Bertz CT molecular complexity index is 626. The predicted octanol–water partition coefficient (Wildman–Crippen LogP) is 2.16. The lowest BCUT2D eigenvalue weighted by Crippen LogP contribution is -2.40. The van der Waals surface area contributed by atoms with E-state index in [9.17, 15) is 22.4 Å². The molecule has 21 heavy (non-hydrogen) atoms. The maximum Gasteiger partial charge on any atom is 0.419 e. The van der Waals surface area contributed by atoms with Crippen LogP contribution in [0.3, 0.4) is 0 Å². The Morgan fingerprint density at radius 3 is 2.76 bits per heavy atom. The molecule has 1 N–H and O–H groups in total. The van der Waals surface area contributed by atoms with Crippen LogP contribution in [0.4, 0.5) is 23.2 Å². The van der Waals surface area contributed by atoms with Crippen molar-refractivity contribution in [2.24, 2.45) is 11.0 Å². The van der Waals surface area contributed by atoms with Crippen LogP contribution in [0.5, 0.6) is 0 Å². The Labute approximate surface area is 117 Å². The van der Waals surface area contributed by atoms with E-state index < -0.39 is 29.4 Å². The van der Waals surface area contributed by atoms with Gasteiger partial charge in [-0.25, -0.2) is 9.40 Å². The third-order valence-corrected chi connectivity index (χ3v) is 3.54. The van der Waals surface area contributed by atoms with Crippen molar-refractivity contribution in [3.63, 3.8) is 0 Å². The van der Waals surface area contributed by atoms with Gasteiger partial charge in [0.15, 0.2) is 0 Å². The molecule has 1 aromatic rings. The third kappa shape index (κ3) is 2.39. The van der Waals surface area contributed by atoms with Gasteiger partial charge in [-0.05, 0) is 18.2 Å². The molecule has 4 nitrogen and oxygen atoms in total. The van der Waals surface area contributed by atoms with Crippen LogP contribution in [0.1, 0.15) is 12.0 Å². The van der Waals surface area contributed by atoms with Crippen molar-refractivity contribution >= 4 is 17.3 Å². The molecule has 8 heteroatoms. The van der Waals surface area contributed by atoms with Crippen molar-refractivity contribution in [3.05, 3.63) is 29.6 Å². The number of nitrogens with zero attached hydrogens (tertiary/aromatic N) is 2. The number of hydrazone groups is 1. The highest BCUT2D eigenvalue weighted by Crippen LogP contribution is 2.35. The van der Waals surface area contributed by atoms with E-state index in [0.29, 0.717) is 37.4 Å². The summed E-state index contributed by atoms with van der Waals surface area (Å²) >= 11 is 0. The molecule has 0 aliphatic carbocycles. The van der Waals surface area contributed by atoms with Crippen LogP contribution in [0, 0.1) is 11.7 Å². The van der Waals surface area contributed by atoms with Gasteiger partial charge in [0.1, 0.15) is 5.82 Å². The predicted molar refractivity (Wildman–Crippen MR) is 67.3 cm³/mol. The van der Waals surface area contributed by atoms with Gasteiger partial charge in [0.2, 0.25) is 0 Å². The van der Waals surface area contributed by atoms with Gasteiger partial charge in [-0.2, -0.15) is 18.3 Å². The molecule has 2 heterocycles. The molecule has 0 radical (unpaired) electrons. The van der Waals surface area contributed by atoms with E-state index >= 15 is 0 Å². The highest BCUT2D eigenvalue weighted by Gasteiger charge is 2.39. The van der Waals surface area contributed by atoms with Gasteiger partial charge in [-0.1, -0.05) is 0 Å². The molecule has 0 spiro atoms. The fraction of sp³-hybridized carbons (Fsp3) is 0.385. The molecule has 112 valence electrons. The number of benzene rings is 1. The summed E-state index contributed by atoms with van der Waals surface area (Å²) < 4.78 is 51.4. The normalized spacial score (nSPS) is 22.3. The van der Waals surface area contributed by atoms with Crippen LogP contribution in [-0.2, 0) is 11.0 Å². The van der Waals surface area contributed by atoms with Gasteiger partial charge in [-0.15, -0.1) is 0 Å². The Hall–Kier alpha value is -1.96. The SMILES string of the molecule is O=C1C2CNCCC2=NN1c1ccc(F)c(C(F)(F)F)c1. The summed E-state index contributed by atoms with van der Waals surface area (Å²) in [6, 6.07) is 2.44. The average Bonchev–Trinajstić information content (AvgIpc) is 2.76. The summed E-state index contributed by atoms with van der Waals surface area (Å²) in [7, 11) is 0. The quantitative estimate of drug-likeness (QED) is 0.808. The number of amides is 1. The van der Waals surface area contributed by atoms with Gasteiger partial charge < -0.3 is 5.32 Å². The second kappa shape index (κ2) is 4.80. The first kappa shape index (κ1) is 14.0. The molecular weight excluding hydrogens is 290 g/mol. The van der Waals surface area contributed by atoms with Crippen molar-refractivity contribution in [2.75, 3.05) is 18.1 Å². The number of carbonyl (C=O) groups excluding carboxylic acids is 1. The van der Waals surface area contributed by atoms with Crippen molar-refractivity contribution in [2.45, 2.75) is 12.6 Å².